The maximum absolute atomic E-state index is 11.8. The van der Waals surface area contributed by atoms with E-state index in [0.717, 1.165) is 10.7 Å². The van der Waals surface area contributed by atoms with Gasteiger partial charge in [0.05, 0.1) is 18.5 Å². The van der Waals surface area contributed by atoms with Gasteiger partial charge in [-0.25, -0.2) is 13.1 Å². The number of rotatable bonds is 7. The minimum atomic E-state index is -3.28. The van der Waals surface area contributed by atoms with Gasteiger partial charge in [0, 0.05) is 16.6 Å². The Morgan fingerprint density at radius 3 is 2.48 bits per heavy atom. The van der Waals surface area contributed by atoms with Gasteiger partial charge in [0.15, 0.2) is 0 Å². The number of benzene rings is 1. The van der Waals surface area contributed by atoms with Crippen LogP contribution in [0.25, 0.3) is 0 Å². The van der Waals surface area contributed by atoms with Crippen LogP contribution in [0, 0.1) is 0 Å². The highest BCUT2D eigenvalue weighted by Crippen LogP contribution is 2.20. The number of nitrogens with one attached hydrogen (secondary N) is 3. The molecule has 0 fully saturated rings. The summed E-state index contributed by atoms with van der Waals surface area (Å²) in [6, 6.07) is 7.31. The normalized spacial score (nSPS) is 12.2. The Kier molecular flexibility index (Phi) is 6.33. The van der Waals surface area contributed by atoms with Gasteiger partial charge in [0.2, 0.25) is 15.9 Å². The molecule has 0 spiro atoms. The van der Waals surface area contributed by atoms with E-state index in [1.54, 1.807) is 19.9 Å². The molecule has 0 aliphatic rings. The molecular formula is C13H20BrN3O3S. The fourth-order valence-electron chi connectivity index (χ4n) is 1.78. The monoisotopic (exact) mass is 377 g/mol. The van der Waals surface area contributed by atoms with Crippen molar-refractivity contribution in [2.45, 2.75) is 19.4 Å². The first kappa shape index (κ1) is 18.1. The third-order valence-corrected chi connectivity index (χ3v) is 4.08. The van der Waals surface area contributed by atoms with Crippen molar-refractivity contribution in [2.24, 2.45) is 0 Å². The molecule has 1 aromatic rings. The number of carbonyl (C=O) groups excluding carboxylic acids is 1. The quantitative estimate of drug-likeness (QED) is 0.668. The molecule has 3 N–H and O–H groups in total. The number of anilines is 1. The van der Waals surface area contributed by atoms with Crippen LogP contribution in [-0.4, -0.2) is 39.2 Å². The Balaban J connectivity index is 2.42. The molecule has 0 saturated heterocycles. The maximum atomic E-state index is 11.8. The SMILES string of the molecule is CC(C)(CNCC(=O)Nc1ccccc1Br)NS(C)(=O)=O. The average Bonchev–Trinajstić information content (AvgIpc) is 2.28. The van der Waals surface area contributed by atoms with E-state index in [2.05, 4.69) is 31.3 Å². The fraction of sp³-hybridized carbons (Fsp3) is 0.462. The molecule has 6 nitrogen and oxygen atoms in total. The lowest BCUT2D eigenvalue weighted by molar-refractivity contribution is -0.115. The Labute approximate surface area is 133 Å². The summed E-state index contributed by atoms with van der Waals surface area (Å²) in [6.07, 6.45) is 1.11. The van der Waals surface area contributed by atoms with Crippen LogP contribution in [0.2, 0.25) is 0 Å². The van der Waals surface area contributed by atoms with E-state index in [9.17, 15) is 13.2 Å². The molecule has 0 unspecified atom stereocenters. The number of para-hydroxylation sites is 1. The molecule has 0 aromatic heterocycles. The summed E-state index contributed by atoms with van der Waals surface area (Å²) in [5.41, 5.74) is 0.0269. The van der Waals surface area contributed by atoms with E-state index in [1.165, 1.54) is 0 Å². The van der Waals surface area contributed by atoms with Gasteiger partial charge in [-0.3, -0.25) is 4.79 Å². The standard InChI is InChI=1S/C13H20BrN3O3S/c1-13(2,17-21(3,19)20)9-15-8-12(18)16-11-7-5-4-6-10(11)14/h4-7,15,17H,8-9H2,1-3H3,(H,16,18). The average molecular weight is 378 g/mol. The third-order valence-electron chi connectivity index (χ3n) is 2.46. The second kappa shape index (κ2) is 7.35. The fourth-order valence-corrected chi connectivity index (χ4v) is 3.24. The van der Waals surface area contributed by atoms with Crippen LogP contribution in [0.5, 0.6) is 0 Å². The van der Waals surface area contributed by atoms with E-state index in [-0.39, 0.29) is 12.5 Å². The molecular weight excluding hydrogens is 358 g/mol. The molecule has 0 saturated carbocycles. The lowest BCUT2D eigenvalue weighted by Crippen LogP contribution is -2.50. The molecule has 8 heteroatoms. The number of carbonyl (C=O) groups is 1. The highest BCUT2D eigenvalue weighted by Gasteiger charge is 2.21. The Morgan fingerprint density at radius 1 is 1.29 bits per heavy atom. The van der Waals surface area contributed by atoms with Gasteiger partial charge in [-0.15, -0.1) is 0 Å². The van der Waals surface area contributed by atoms with Crippen LogP contribution >= 0.6 is 15.9 Å². The summed E-state index contributed by atoms with van der Waals surface area (Å²) in [7, 11) is -3.28. The predicted molar refractivity (Wildman–Crippen MR) is 87.7 cm³/mol. The largest absolute Gasteiger partial charge is 0.324 e. The van der Waals surface area contributed by atoms with Gasteiger partial charge < -0.3 is 10.6 Å². The van der Waals surface area contributed by atoms with E-state index < -0.39 is 15.6 Å². The number of sulfonamides is 1. The highest BCUT2D eigenvalue weighted by molar-refractivity contribution is 9.10. The smallest absolute Gasteiger partial charge is 0.238 e. The van der Waals surface area contributed by atoms with Gasteiger partial charge >= 0.3 is 0 Å². The summed E-state index contributed by atoms with van der Waals surface area (Å²) in [6.45, 7) is 3.92. The summed E-state index contributed by atoms with van der Waals surface area (Å²) in [4.78, 5) is 11.8. The minimum Gasteiger partial charge on any atom is -0.324 e. The van der Waals surface area contributed by atoms with Crippen LogP contribution < -0.4 is 15.4 Å². The lowest BCUT2D eigenvalue weighted by atomic mass is 10.1. The molecule has 1 aromatic carbocycles. The van der Waals surface area contributed by atoms with E-state index in [4.69, 9.17) is 0 Å². The number of hydrogen-bond donors (Lipinski definition) is 3. The molecule has 0 radical (unpaired) electrons. The minimum absolute atomic E-state index is 0.0935. The van der Waals surface area contributed by atoms with Crippen molar-refractivity contribution >= 4 is 37.5 Å². The van der Waals surface area contributed by atoms with Crippen molar-refractivity contribution in [3.8, 4) is 0 Å². The maximum Gasteiger partial charge on any atom is 0.238 e. The summed E-state index contributed by atoms with van der Waals surface area (Å²) in [5, 5.41) is 5.69. The first-order valence-electron chi connectivity index (χ1n) is 6.33. The van der Waals surface area contributed by atoms with E-state index >= 15 is 0 Å². The molecule has 0 atom stereocenters. The summed E-state index contributed by atoms with van der Waals surface area (Å²) < 4.78 is 25.7. The van der Waals surface area contributed by atoms with Crippen molar-refractivity contribution in [1.29, 1.82) is 0 Å². The Bertz CT molecular complexity index is 602. The van der Waals surface area contributed by atoms with Crippen LogP contribution in [0.15, 0.2) is 28.7 Å². The molecule has 118 valence electrons. The van der Waals surface area contributed by atoms with E-state index in [1.807, 2.05) is 18.2 Å². The molecule has 0 heterocycles. The van der Waals surface area contributed by atoms with Crippen molar-refractivity contribution in [3.63, 3.8) is 0 Å². The van der Waals surface area contributed by atoms with Crippen LogP contribution in [0.4, 0.5) is 5.69 Å². The number of halogens is 1. The van der Waals surface area contributed by atoms with Crippen molar-refractivity contribution in [2.75, 3.05) is 24.7 Å². The molecule has 1 amide bonds. The third kappa shape index (κ3) is 7.56. The second-order valence-electron chi connectivity index (χ2n) is 5.39. The van der Waals surface area contributed by atoms with Crippen molar-refractivity contribution < 1.29 is 13.2 Å². The van der Waals surface area contributed by atoms with Crippen molar-refractivity contribution in [1.82, 2.24) is 10.0 Å². The molecule has 21 heavy (non-hydrogen) atoms. The first-order chi connectivity index (χ1) is 9.59. The Morgan fingerprint density at radius 2 is 1.90 bits per heavy atom. The van der Waals surface area contributed by atoms with Crippen LogP contribution in [0.3, 0.4) is 0 Å². The number of amides is 1. The van der Waals surface area contributed by atoms with E-state index in [0.29, 0.717) is 12.2 Å². The first-order valence-corrected chi connectivity index (χ1v) is 9.01. The van der Waals surface area contributed by atoms with Crippen LogP contribution in [0.1, 0.15) is 13.8 Å². The van der Waals surface area contributed by atoms with Crippen LogP contribution in [-0.2, 0) is 14.8 Å². The lowest BCUT2D eigenvalue weighted by Gasteiger charge is -2.25. The number of hydrogen-bond acceptors (Lipinski definition) is 4. The predicted octanol–water partition coefficient (Wildman–Crippen LogP) is 1.30. The molecule has 1 rings (SSSR count). The van der Waals surface area contributed by atoms with Gasteiger partial charge in [-0.2, -0.15) is 0 Å². The summed E-state index contributed by atoms with van der Waals surface area (Å²) in [5.74, 6) is -0.197. The highest BCUT2D eigenvalue weighted by atomic mass is 79.9. The summed E-state index contributed by atoms with van der Waals surface area (Å²) >= 11 is 3.35. The van der Waals surface area contributed by atoms with Gasteiger partial charge in [0.1, 0.15) is 0 Å². The molecule has 0 aliphatic carbocycles. The molecule has 0 aliphatic heterocycles. The van der Waals surface area contributed by atoms with Gasteiger partial charge in [-0.05, 0) is 41.9 Å². The topological polar surface area (TPSA) is 87.3 Å². The molecule has 0 bridgehead atoms. The zero-order chi connectivity index (χ0) is 16.1. The van der Waals surface area contributed by atoms with Crippen molar-refractivity contribution in [3.05, 3.63) is 28.7 Å². The van der Waals surface area contributed by atoms with Gasteiger partial charge in [-0.1, -0.05) is 12.1 Å². The zero-order valence-electron chi connectivity index (χ0n) is 12.2. The zero-order valence-corrected chi connectivity index (χ0v) is 14.6. The van der Waals surface area contributed by atoms with Gasteiger partial charge in [0.25, 0.3) is 0 Å². The Hall–Kier alpha value is -0.960. The second-order valence-corrected chi connectivity index (χ2v) is 7.99.